The summed E-state index contributed by atoms with van der Waals surface area (Å²) in [5.41, 5.74) is 11.0. The monoisotopic (exact) mass is 1690 g/mol. The van der Waals surface area contributed by atoms with Gasteiger partial charge in [-0.1, -0.05) is 133 Å². The number of sulfone groups is 1. The fraction of sp³-hybridized carbons (Fsp3) is 0.221. The second kappa shape index (κ2) is 36.1. The summed E-state index contributed by atoms with van der Waals surface area (Å²) in [6.07, 6.45) is 5.96. The number of sulfonamides is 3. The maximum atomic E-state index is 13.2. The van der Waals surface area contributed by atoms with E-state index in [0.29, 0.717) is 101 Å². The van der Waals surface area contributed by atoms with Gasteiger partial charge in [-0.2, -0.15) is 0 Å². The summed E-state index contributed by atoms with van der Waals surface area (Å²) in [7, 11) is 3.44. The molecule has 0 radical (unpaired) electrons. The van der Waals surface area contributed by atoms with Crippen molar-refractivity contribution in [3.63, 3.8) is 0 Å². The lowest BCUT2D eigenvalue weighted by Gasteiger charge is -2.21. The van der Waals surface area contributed by atoms with Crippen molar-refractivity contribution >= 4 is 138 Å². The van der Waals surface area contributed by atoms with Crippen LogP contribution in [0.4, 0.5) is 17.1 Å². The molecule has 19 nitrogen and oxygen atoms in total. The molecule has 5 heterocycles. The molecule has 0 atom stereocenters. The van der Waals surface area contributed by atoms with Crippen molar-refractivity contribution in [1.82, 2.24) is 0 Å². The van der Waals surface area contributed by atoms with Gasteiger partial charge < -0.3 is 18.9 Å². The summed E-state index contributed by atoms with van der Waals surface area (Å²) in [6.45, 7) is 10.1. The van der Waals surface area contributed by atoms with E-state index in [1.165, 1.54) is 74.6 Å². The maximum absolute atomic E-state index is 13.2. The van der Waals surface area contributed by atoms with E-state index in [1.807, 2.05) is 86.6 Å². The highest BCUT2D eigenvalue weighted by molar-refractivity contribution is 8.14. The number of benzene rings is 10. The van der Waals surface area contributed by atoms with Crippen LogP contribution in [0.5, 0.6) is 23.0 Å². The van der Waals surface area contributed by atoms with Crippen LogP contribution < -0.4 is 31.9 Å². The van der Waals surface area contributed by atoms with Gasteiger partial charge in [-0.3, -0.25) is 12.9 Å². The zero-order valence-corrected chi connectivity index (χ0v) is 68.7. The molecule has 16 rings (SSSR count). The number of fused-ring (bicyclic) bond motifs is 6. The van der Waals surface area contributed by atoms with Crippen molar-refractivity contribution in [2.45, 2.75) is 100 Å². The van der Waals surface area contributed by atoms with E-state index in [0.717, 1.165) is 46.5 Å². The number of aryl methyl sites for hydroxylation is 6. The van der Waals surface area contributed by atoms with E-state index >= 15 is 0 Å². The van der Waals surface area contributed by atoms with Gasteiger partial charge in [-0.15, -0.1) is 0 Å². The Labute approximate surface area is 658 Å². The van der Waals surface area contributed by atoms with E-state index in [2.05, 4.69) is 24.3 Å². The van der Waals surface area contributed by atoms with Gasteiger partial charge in [0, 0.05) is 53.1 Å². The Kier molecular flexibility index (Phi) is 27.7. The molecule has 0 unspecified atom stereocenters. The fourth-order valence-corrected chi connectivity index (χ4v) is 21.1. The normalized spacial score (nSPS) is 14.4. The van der Waals surface area contributed by atoms with Crippen LogP contribution in [-0.4, -0.2) is 108 Å². The number of ether oxygens (including phenoxy) is 4. The maximum Gasteiger partial charge on any atom is 0.643 e. The lowest BCUT2D eigenvalue weighted by atomic mass is 10.1. The molecular formula is C77H75AlCl5N3O16S6. The van der Waals surface area contributed by atoms with Crippen molar-refractivity contribution < 1.29 is 69.5 Å². The highest BCUT2D eigenvalue weighted by Gasteiger charge is 2.36. The molecule has 31 heteroatoms. The summed E-state index contributed by atoms with van der Waals surface area (Å²) in [6, 6.07) is 65.2. The number of para-hydroxylation sites is 2. The highest BCUT2D eigenvalue weighted by atomic mass is 35.8. The number of hydrogen-bond donors (Lipinski definition) is 0. The number of nitrogens with zero attached hydrogens (tertiary/aromatic N) is 3. The van der Waals surface area contributed by atoms with Crippen LogP contribution in [-0.2, 0) is 90.1 Å². The first kappa shape index (κ1) is 83.0. The molecule has 0 fully saturated rings. The van der Waals surface area contributed by atoms with Gasteiger partial charge >= 0.3 is 11.4 Å². The Morgan fingerprint density at radius 2 is 0.602 bits per heavy atom. The first-order chi connectivity index (χ1) is 51.3. The van der Waals surface area contributed by atoms with Crippen LogP contribution >= 0.6 is 51.5 Å². The molecule has 6 aliphatic rings. The minimum absolute atomic E-state index is 0.0171. The Hall–Kier alpha value is -7.52. The van der Waals surface area contributed by atoms with E-state index < -0.39 is 69.4 Å². The predicted octanol–water partition coefficient (Wildman–Crippen LogP) is 16.0. The molecule has 0 spiro atoms. The second-order valence-corrected chi connectivity index (χ2v) is 43.9. The summed E-state index contributed by atoms with van der Waals surface area (Å²) < 4.78 is 173. The quantitative estimate of drug-likeness (QED) is 0.0911. The van der Waals surface area contributed by atoms with Crippen molar-refractivity contribution in [3.8, 4) is 23.0 Å². The van der Waals surface area contributed by atoms with Crippen LogP contribution in [0.2, 0.25) is 0 Å². The minimum Gasteiger partial charge on any atom is -0.486 e. The largest absolute Gasteiger partial charge is 0.643 e. The standard InChI is InChI=1S/C23H21NO6S2.2C15H15NO2S.C9H10.C8H7ClO4S.C7H7ClO2S.Al.3ClH/c1-16-4-2-3-5-23(16)32(27,28)24-11-10-17-14-18(6-8-20(17)24)31(25,26)19-7-9-21-22(15-19)30-13-12-29-21;2*1-12-6-2-5-9-15(12)19(17,18)16-11-10-13-7-3-4-8-14(13)16;1-2-5-9-7-3-6-8(9)4-1;9-14(10,11)6-1-2-7-8(5-6)13-4-3-12-7;1-6-4-2-3-5-7(6)11(8,9)10;;;;/h2-9,14-15H,10-13H2,1H3;2*2-9H,10-11H2,1H3;1-2,4-5H,3,6-7H2;1-2,5H,3-4H2;2-5H,1H3;;3*1H/q;;;;;;+3;;;/p-3. The molecule has 1 aliphatic carbocycles. The fourth-order valence-electron chi connectivity index (χ4n) is 12.6. The van der Waals surface area contributed by atoms with Gasteiger partial charge in [0.05, 0.1) is 51.3 Å². The third kappa shape index (κ3) is 20.2. The van der Waals surface area contributed by atoms with Crippen LogP contribution in [0.15, 0.2) is 259 Å². The zero-order valence-electron chi connectivity index (χ0n) is 58.8. The molecule has 108 heavy (non-hydrogen) atoms. The molecule has 5 aliphatic heterocycles. The average molecular weight is 1700 g/mol. The molecular weight excluding hydrogens is 1620 g/mol. The number of anilines is 3. The molecule has 0 aromatic heterocycles. The molecule has 568 valence electrons. The molecule has 10 aromatic carbocycles. The first-order valence-electron chi connectivity index (χ1n) is 33.8. The van der Waals surface area contributed by atoms with Crippen molar-refractivity contribution in [2.75, 3.05) is 59.0 Å². The average Bonchev–Trinajstić information content (AvgIpc) is 1.54. The van der Waals surface area contributed by atoms with Gasteiger partial charge in [0.15, 0.2) is 23.0 Å². The summed E-state index contributed by atoms with van der Waals surface area (Å²) in [5, 5.41) is 0. The van der Waals surface area contributed by atoms with E-state index in [1.54, 1.807) is 110 Å². The molecule has 0 saturated carbocycles. The van der Waals surface area contributed by atoms with Crippen LogP contribution in [0, 0.1) is 27.7 Å². The Morgan fingerprint density at radius 3 is 0.972 bits per heavy atom. The minimum atomic E-state index is -3.81. The zero-order chi connectivity index (χ0) is 77.8. The van der Waals surface area contributed by atoms with Gasteiger partial charge in [-0.05, 0) is 195 Å². The number of hydrogen-bond acceptors (Lipinski definition) is 16. The van der Waals surface area contributed by atoms with Gasteiger partial charge in [0.2, 0.25) is 9.84 Å². The van der Waals surface area contributed by atoms with E-state index in [-0.39, 0.29) is 31.0 Å². The van der Waals surface area contributed by atoms with Gasteiger partial charge in [0.1, 0.15) is 26.4 Å². The Morgan fingerprint density at radius 1 is 0.306 bits per heavy atom. The van der Waals surface area contributed by atoms with Crippen molar-refractivity contribution in [3.05, 3.63) is 275 Å². The molecule has 0 saturated heterocycles. The van der Waals surface area contributed by atoms with Gasteiger partial charge in [0.25, 0.3) is 48.2 Å². The molecule has 10 aromatic rings. The smallest absolute Gasteiger partial charge is 0.486 e. The lowest BCUT2D eigenvalue weighted by Crippen LogP contribution is -2.29. The number of halogens is 5. The topological polar surface area (TPSA) is 251 Å². The Bertz CT molecular complexity index is 5500. The summed E-state index contributed by atoms with van der Waals surface area (Å²) in [5.74, 6) is 1.87. The third-order valence-electron chi connectivity index (χ3n) is 17.9. The third-order valence-corrected chi connectivity index (χ3v) is 28.4. The summed E-state index contributed by atoms with van der Waals surface area (Å²) in [4.78, 5) is 1.46. The van der Waals surface area contributed by atoms with E-state index in [9.17, 15) is 50.5 Å². The van der Waals surface area contributed by atoms with Crippen molar-refractivity contribution in [2.24, 2.45) is 0 Å². The molecule has 0 N–H and O–H groups in total. The molecule has 0 bridgehead atoms. The number of rotatable bonds is 10. The SMILES string of the molecule is Cc1ccccc1S(=O)(=O)Cl.Cc1ccccc1S(=O)(=O)N1CCc2cc(S(=O)(=O)c3ccc4c(c3)OCCO4)ccc21.Cc1ccccc1S(=O)(=O)N1CCc2ccccc21.Cc1ccccc1S(=O)(=O)N1CCc2ccccc21.O=S(=O)(Cl)c1ccc2c(c1)OCCO2.[Cl][Al]([Cl])[Cl].c1ccc2c(c1)CCC2. The first-order valence-corrected chi connectivity index (χ1v) is 49.5. The van der Waals surface area contributed by atoms with Gasteiger partial charge in [-0.25, -0.2) is 80.7 Å². The Balaban J connectivity index is 0.000000143. The van der Waals surface area contributed by atoms with Crippen LogP contribution in [0.3, 0.4) is 0 Å². The van der Waals surface area contributed by atoms with Crippen LogP contribution in [0.25, 0.3) is 0 Å². The van der Waals surface area contributed by atoms with E-state index in [4.69, 9.17) is 70.5 Å². The summed E-state index contributed by atoms with van der Waals surface area (Å²) >= 11 is -1.72. The second-order valence-electron chi connectivity index (χ2n) is 25.0. The van der Waals surface area contributed by atoms with Crippen LogP contribution in [0.1, 0.15) is 56.5 Å². The predicted molar refractivity (Wildman–Crippen MR) is 427 cm³/mol. The molecule has 0 amide bonds. The lowest BCUT2D eigenvalue weighted by molar-refractivity contribution is 0.171. The van der Waals surface area contributed by atoms with Crippen molar-refractivity contribution in [1.29, 1.82) is 0 Å². The highest BCUT2D eigenvalue weighted by Crippen LogP contribution is 2.41.